The summed E-state index contributed by atoms with van der Waals surface area (Å²) in [6.07, 6.45) is 1.70. The molecule has 1 aromatic carbocycles. The van der Waals surface area contributed by atoms with Crippen LogP contribution in [0, 0.1) is 4.77 Å². The number of benzene rings is 1. The van der Waals surface area contributed by atoms with Crippen LogP contribution in [-0.2, 0) is 6.54 Å². The molecule has 18 heavy (non-hydrogen) atoms. The maximum Gasteiger partial charge on any atom is 0.179 e. The van der Waals surface area contributed by atoms with E-state index in [4.69, 9.17) is 18.0 Å². The van der Waals surface area contributed by atoms with E-state index in [0.29, 0.717) is 17.0 Å². The lowest BCUT2D eigenvalue weighted by Crippen LogP contribution is -2.00. The first-order chi connectivity index (χ1) is 8.75. The Bertz CT molecular complexity index is 743. The summed E-state index contributed by atoms with van der Waals surface area (Å²) in [4.78, 5) is 7.45. The Balaban J connectivity index is 2.15. The number of aromatic nitrogens is 3. The summed E-state index contributed by atoms with van der Waals surface area (Å²) >= 11 is 5.32. The van der Waals surface area contributed by atoms with Crippen LogP contribution < -0.4 is 5.73 Å². The van der Waals surface area contributed by atoms with Gasteiger partial charge in [-0.05, 0) is 23.8 Å². The molecule has 90 valence electrons. The lowest BCUT2D eigenvalue weighted by Gasteiger charge is -2.04. The van der Waals surface area contributed by atoms with E-state index in [9.17, 15) is 0 Å². The van der Waals surface area contributed by atoms with Gasteiger partial charge < -0.3 is 10.7 Å². The third kappa shape index (κ3) is 1.78. The number of aromatic amines is 1. The van der Waals surface area contributed by atoms with Crippen LogP contribution in [0.4, 0.5) is 5.69 Å². The molecule has 0 saturated heterocycles. The van der Waals surface area contributed by atoms with E-state index in [2.05, 4.69) is 22.1 Å². The van der Waals surface area contributed by atoms with E-state index in [1.807, 2.05) is 22.8 Å². The molecule has 2 aromatic heterocycles. The topological polar surface area (TPSA) is 59.6 Å². The van der Waals surface area contributed by atoms with Gasteiger partial charge in [-0.15, -0.1) is 0 Å². The number of hydrogen-bond acceptors (Lipinski definition) is 3. The highest BCUT2D eigenvalue weighted by Crippen LogP contribution is 2.18. The standard InChI is InChI=1S/C13H12N4S/c14-10-6-7-15-12-11(10)16-13(18)17(12)8-9-4-2-1-3-5-9/h1-7H,8H2,(H2,14,15)(H,16,18). The molecule has 0 aliphatic carbocycles. The lowest BCUT2D eigenvalue weighted by molar-refractivity contribution is 0.801. The molecule has 0 unspecified atom stereocenters. The van der Waals surface area contributed by atoms with Crippen molar-refractivity contribution in [2.45, 2.75) is 6.54 Å². The zero-order valence-corrected chi connectivity index (χ0v) is 10.4. The van der Waals surface area contributed by atoms with Gasteiger partial charge in [-0.2, -0.15) is 0 Å². The Morgan fingerprint density at radius 1 is 1.22 bits per heavy atom. The lowest BCUT2D eigenvalue weighted by atomic mass is 10.2. The monoisotopic (exact) mass is 256 g/mol. The zero-order valence-electron chi connectivity index (χ0n) is 9.63. The van der Waals surface area contributed by atoms with Gasteiger partial charge in [-0.1, -0.05) is 30.3 Å². The summed E-state index contributed by atoms with van der Waals surface area (Å²) in [5.41, 5.74) is 9.34. The minimum absolute atomic E-state index is 0.638. The van der Waals surface area contributed by atoms with Gasteiger partial charge in [-0.3, -0.25) is 4.57 Å². The predicted molar refractivity (Wildman–Crippen MR) is 74.9 cm³/mol. The van der Waals surface area contributed by atoms with Gasteiger partial charge in [0.05, 0.1) is 12.2 Å². The number of hydrogen-bond donors (Lipinski definition) is 2. The van der Waals surface area contributed by atoms with Crippen LogP contribution in [-0.4, -0.2) is 14.5 Å². The molecule has 3 rings (SSSR count). The van der Waals surface area contributed by atoms with Crippen LogP contribution in [0.25, 0.3) is 11.2 Å². The van der Waals surface area contributed by atoms with Crippen LogP contribution in [0.1, 0.15) is 5.56 Å². The Morgan fingerprint density at radius 3 is 2.78 bits per heavy atom. The fraction of sp³-hybridized carbons (Fsp3) is 0.0769. The van der Waals surface area contributed by atoms with Gasteiger partial charge >= 0.3 is 0 Å². The summed E-state index contributed by atoms with van der Waals surface area (Å²) in [6, 6.07) is 11.9. The minimum Gasteiger partial charge on any atom is -0.397 e. The molecule has 3 aromatic rings. The summed E-state index contributed by atoms with van der Waals surface area (Å²) in [7, 11) is 0. The number of nitrogen functional groups attached to an aromatic ring is 1. The van der Waals surface area contributed by atoms with Crippen molar-refractivity contribution >= 4 is 29.1 Å². The third-order valence-corrected chi connectivity index (χ3v) is 3.20. The van der Waals surface area contributed by atoms with E-state index in [1.165, 1.54) is 5.56 Å². The first-order valence-electron chi connectivity index (χ1n) is 5.62. The molecule has 0 bridgehead atoms. The average molecular weight is 256 g/mol. The van der Waals surface area contributed by atoms with Crippen molar-refractivity contribution in [2.75, 3.05) is 5.73 Å². The molecule has 0 atom stereocenters. The van der Waals surface area contributed by atoms with Gasteiger partial charge in [0.1, 0.15) is 5.52 Å². The number of nitrogens with two attached hydrogens (primary N) is 1. The number of anilines is 1. The maximum atomic E-state index is 5.90. The fourth-order valence-corrected chi connectivity index (χ4v) is 2.23. The molecule has 0 aliphatic heterocycles. The molecule has 3 N–H and O–H groups in total. The fourth-order valence-electron chi connectivity index (χ4n) is 1.98. The first-order valence-corrected chi connectivity index (χ1v) is 6.03. The summed E-state index contributed by atoms with van der Waals surface area (Å²) < 4.78 is 2.59. The Kier molecular flexibility index (Phi) is 2.60. The van der Waals surface area contributed by atoms with Gasteiger partial charge in [0.2, 0.25) is 0 Å². The number of nitrogens with one attached hydrogen (secondary N) is 1. The highest BCUT2D eigenvalue weighted by Gasteiger charge is 2.08. The Hall–Kier alpha value is -2.14. The van der Waals surface area contributed by atoms with Crippen molar-refractivity contribution < 1.29 is 0 Å². The van der Waals surface area contributed by atoms with E-state index in [-0.39, 0.29) is 0 Å². The van der Waals surface area contributed by atoms with Crippen molar-refractivity contribution in [2.24, 2.45) is 0 Å². The summed E-state index contributed by atoms with van der Waals surface area (Å²) in [5.74, 6) is 0. The molecule has 0 amide bonds. The Labute approximate surface area is 109 Å². The minimum atomic E-state index is 0.638. The van der Waals surface area contributed by atoms with E-state index in [1.54, 1.807) is 12.3 Å². The number of nitrogens with zero attached hydrogens (tertiary/aromatic N) is 2. The molecular formula is C13H12N4S. The number of imidazole rings is 1. The summed E-state index contributed by atoms with van der Waals surface area (Å²) in [6.45, 7) is 0.691. The van der Waals surface area contributed by atoms with Crippen molar-refractivity contribution in [3.05, 3.63) is 52.9 Å². The van der Waals surface area contributed by atoms with Gasteiger partial charge in [0.15, 0.2) is 10.4 Å². The highest BCUT2D eigenvalue weighted by atomic mass is 32.1. The second-order valence-corrected chi connectivity index (χ2v) is 4.49. The summed E-state index contributed by atoms with van der Waals surface area (Å²) in [5, 5.41) is 0. The van der Waals surface area contributed by atoms with Crippen LogP contribution in [0.2, 0.25) is 0 Å². The zero-order chi connectivity index (χ0) is 12.5. The Morgan fingerprint density at radius 2 is 2.00 bits per heavy atom. The number of rotatable bonds is 2. The number of pyridine rings is 1. The molecular weight excluding hydrogens is 244 g/mol. The molecule has 0 spiro atoms. The van der Waals surface area contributed by atoms with Crippen LogP contribution in [0.15, 0.2) is 42.6 Å². The number of H-pyrrole nitrogens is 1. The SMILES string of the molecule is Nc1ccnc2c1[nH]c(=S)n2Cc1ccccc1. The highest BCUT2D eigenvalue weighted by molar-refractivity contribution is 7.71. The normalized spacial score (nSPS) is 10.9. The molecule has 2 heterocycles. The van der Waals surface area contributed by atoms with E-state index >= 15 is 0 Å². The van der Waals surface area contributed by atoms with Crippen molar-refractivity contribution in [3.8, 4) is 0 Å². The largest absolute Gasteiger partial charge is 0.397 e. The van der Waals surface area contributed by atoms with Crippen molar-refractivity contribution in [1.82, 2.24) is 14.5 Å². The van der Waals surface area contributed by atoms with Gasteiger partial charge in [0.25, 0.3) is 0 Å². The molecule has 0 saturated carbocycles. The molecule has 0 fully saturated rings. The molecule has 4 nitrogen and oxygen atoms in total. The van der Waals surface area contributed by atoms with Crippen LogP contribution in [0.3, 0.4) is 0 Å². The maximum absolute atomic E-state index is 5.90. The molecule has 5 heteroatoms. The average Bonchev–Trinajstić information content (AvgIpc) is 2.70. The molecule has 0 aliphatic rings. The second-order valence-electron chi connectivity index (χ2n) is 4.10. The third-order valence-electron chi connectivity index (χ3n) is 2.88. The number of fused-ring (bicyclic) bond motifs is 1. The first kappa shape index (κ1) is 11.0. The van der Waals surface area contributed by atoms with Crippen LogP contribution in [0.5, 0.6) is 0 Å². The van der Waals surface area contributed by atoms with Crippen LogP contribution >= 0.6 is 12.2 Å². The van der Waals surface area contributed by atoms with Crippen molar-refractivity contribution in [1.29, 1.82) is 0 Å². The predicted octanol–water partition coefficient (Wildman–Crippen LogP) is 2.72. The smallest absolute Gasteiger partial charge is 0.179 e. The van der Waals surface area contributed by atoms with E-state index in [0.717, 1.165) is 11.2 Å². The second kappa shape index (κ2) is 4.27. The van der Waals surface area contributed by atoms with Gasteiger partial charge in [0, 0.05) is 6.20 Å². The molecule has 0 radical (unpaired) electrons. The quantitative estimate of drug-likeness (QED) is 0.693. The van der Waals surface area contributed by atoms with Crippen molar-refractivity contribution in [3.63, 3.8) is 0 Å². The van der Waals surface area contributed by atoms with Gasteiger partial charge in [-0.25, -0.2) is 4.98 Å². The van der Waals surface area contributed by atoms with E-state index < -0.39 is 0 Å².